The minimum absolute atomic E-state index is 0. The number of alkyl halides is 1. The van der Waals surface area contributed by atoms with Gasteiger partial charge in [-0.2, -0.15) is 5.26 Å². The second kappa shape index (κ2) is 7.61. The number of carbonyl (C=O) groups excluding carboxylic acids is 1. The highest BCUT2D eigenvalue weighted by atomic mass is 19.2. The van der Waals surface area contributed by atoms with Gasteiger partial charge in [-0.3, -0.25) is 14.6 Å². The number of dihydropyridines is 1. The van der Waals surface area contributed by atoms with Gasteiger partial charge < -0.3 is 10.3 Å². The molecule has 2 aliphatic rings. The second-order valence-electron chi connectivity index (χ2n) is 6.07. The number of nitriles is 1. The van der Waals surface area contributed by atoms with Crippen molar-refractivity contribution in [2.24, 2.45) is 10.9 Å². The normalized spacial score (nSPS) is 22.1. The third kappa shape index (κ3) is 4.00. The molecule has 1 aliphatic heterocycles. The summed E-state index contributed by atoms with van der Waals surface area (Å²) < 4.78 is 27.3. The van der Waals surface area contributed by atoms with Gasteiger partial charge in [0.1, 0.15) is 11.0 Å². The van der Waals surface area contributed by atoms with E-state index in [2.05, 4.69) is 20.3 Å². The standard InChI is InChI=1S/C18H15F2N5O2.2H2/c1-9(12-4-2-10(7-21)8-22-12)23-15(26)6-14-18(27)25-13-5-3-11(19)16(20)17(13)24-14;;/h2-5,8-11H,6H2,1H3,(H,23,26)(H,25,27);2*1H/t9-,10?,11?;;/m0../s1. The number of rotatable bonds is 4. The number of hydrogen-bond donors (Lipinski definition) is 2. The van der Waals surface area contributed by atoms with E-state index in [0.29, 0.717) is 5.71 Å². The summed E-state index contributed by atoms with van der Waals surface area (Å²) in [5, 5.41) is 11.2. The number of aromatic nitrogens is 2. The molecule has 1 amide bonds. The van der Waals surface area contributed by atoms with Crippen LogP contribution < -0.4 is 21.6 Å². The van der Waals surface area contributed by atoms with Crippen molar-refractivity contribution in [1.82, 2.24) is 15.3 Å². The van der Waals surface area contributed by atoms with Crippen molar-refractivity contribution in [3.8, 4) is 6.07 Å². The first-order valence-corrected chi connectivity index (χ1v) is 8.15. The predicted molar refractivity (Wildman–Crippen MR) is 97.8 cm³/mol. The number of fused-ring (bicyclic) bond motifs is 1. The summed E-state index contributed by atoms with van der Waals surface area (Å²) in [6.07, 6.45) is 3.17. The maximum atomic E-state index is 13.9. The first kappa shape index (κ1) is 18.6. The Morgan fingerprint density at radius 3 is 3.00 bits per heavy atom. The van der Waals surface area contributed by atoms with Gasteiger partial charge in [0, 0.05) is 9.27 Å². The lowest BCUT2D eigenvalue weighted by atomic mass is 10.0. The third-order valence-electron chi connectivity index (χ3n) is 4.07. The zero-order chi connectivity index (χ0) is 19.6. The van der Waals surface area contributed by atoms with Gasteiger partial charge >= 0.3 is 0 Å². The number of halogens is 2. The Morgan fingerprint density at radius 1 is 1.56 bits per heavy atom. The lowest BCUT2D eigenvalue weighted by molar-refractivity contribution is -0.120. The molecule has 9 heteroatoms. The molecular formula is C18H19F2N5O2. The molecule has 0 spiro atoms. The lowest BCUT2D eigenvalue weighted by Gasteiger charge is -2.17. The highest BCUT2D eigenvalue weighted by Crippen LogP contribution is 2.13. The van der Waals surface area contributed by atoms with E-state index in [4.69, 9.17) is 5.26 Å². The summed E-state index contributed by atoms with van der Waals surface area (Å²) in [5.74, 6) is -2.04. The summed E-state index contributed by atoms with van der Waals surface area (Å²) in [5.41, 5.74) is -0.313. The van der Waals surface area contributed by atoms with Crippen molar-refractivity contribution in [2.75, 3.05) is 0 Å². The number of H-pyrrole nitrogens is 1. The van der Waals surface area contributed by atoms with Crippen LogP contribution in [0, 0.1) is 30.2 Å². The van der Waals surface area contributed by atoms with Crippen LogP contribution in [0.4, 0.5) is 8.78 Å². The molecule has 0 fully saturated rings. The summed E-state index contributed by atoms with van der Waals surface area (Å²) in [6.45, 7) is 3.16. The third-order valence-corrected chi connectivity index (χ3v) is 4.07. The maximum Gasteiger partial charge on any atom is 0.270 e. The zero-order valence-corrected chi connectivity index (χ0v) is 14.2. The number of amides is 1. The number of nitrogens with zero attached hydrogens (tertiary/aromatic N) is 3. The molecule has 7 nitrogen and oxygen atoms in total. The Kier molecular flexibility index (Phi) is 5.26. The van der Waals surface area contributed by atoms with Gasteiger partial charge in [-0.15, -0.1) is 0 Å². The Morgan fingerprint density at radius 2 is 2.33 bits per heavy atom. The van der Waals surface area contributed by atoms with Crippen molar-refractivity contribution >= 4 is 23.5 Å². The van der Waals surface area contributed by atoms with Gasteiger partial charge in [0.15, 0.2) is 12.0 Å². The van der Waals surface area contributed by atoms with E-state index in [1.807, 2.05) is 6.07 Å². The number of hydrogen-bond acceptors (Lipinski definition) is 5. The number of aromatic amines is 1. The highest BCUT2D eigenvalue weighted by Gasteiger charge is 2.21. The predicted octanol–water partition coefficient (Wildman–Crippen LogP) is 0.0357. The number of nitrogens with one attached hydrogen (secondary N) is 2. The van der Waals surface area contributed by atoms with Crippen molar-refractivity contribution in [3.63, 3.8) is 0 Å². The highest BCUT2D eigenvalue weighted by molar-refractivity contribution is 6.02. The van der Waals surface area contributed by atoms with Crippen molar-refractivity contribution in [1.29, 1.82) is 5.26 Å². The number of carbonyl (C=O) groups is 1. The fourth-order valence-corrected chi connectivity index (χ4v) is 2.63. The molecule has 1 aliphatic carbocycles. The van der Waals surface area contributed by atoms with E-state index in [-0.39, 0.29) is 19.2 Å². The minimum atomic E-state index is -1.93. The van der Waals surface area contributed by atoms with E-state index >= 15 is 0 Å². The summed E-state index contributed by atoms with van der Waals surface area (Å²) in [4.78, 5) is 34.6. The van der Waals surface area contributed by atoms with Gasteiger partial charge in [-0.25, -0.2) is 13.8 Å². The molecule has 142 valence electrons. The van der Waals surface area contributed by atoms with E-state index in [9.17, 15) is 18.4 Å². The van der Waals surface area contributed by atoms with Gasteiger partial charge in [0.25, 0.3) is 5.56 Å². The minimum Gasteiger partial charge on any atom is -0.348 e. The van der Waals surface area contributed by atoms with Crippen LogP contribution in [-0.4, -0.2) is 33.8 Å². The molecule has 0 bridgehead atoms. The van der Waals surface area contributed by atoms with Crippen LogP contribution in [0.3, 0.4) is 0 Å². The first-order chi connectivity index (χ1) is 12.9. The topological polar surface area (TPSA) is 111 Å². The molecular weight excluding hydrogens is 356 g/mol. The zero-order valence-electron chi connectivity index (χ0n) is 14.2. The molecule has 2 N–H and O–H groups in total. The second-order valence-corrected chi connectivity index (χ2v) is 6.07. The Labute approximate surface area is 155 Å². The average Bonchev–Trinajstić information content (AvgIpc) is 2.66. The fraction of sp³-hybridized carbons (Fsp3) is 0.278. The maximum absolute atomic E-state index is 13.9. The van der Waals surface area contributed by atoms with Crippen LogP contribution in [0.2, 0.25) is 0 Å². The fourth-order valence-electron chi connectivity index (χ4n) is 2.63. The summed E-state index contributed by atoms with van der Waals surface area (Å²) >= 11 is 0. The van der Waals surface area contributed by atoms with E-state index in [1.54, 1.807) is 19.1 Å². The van der Waals surface area contributed by atoms with E-state index < -0.39 is 41.8 Å². The molecule has 1 aromatic rings. The molecule has 0 saturated heterocycles. The van der Waals surface area contributed by atoms with Crippen LogP contribution in [0.5, 0.6) is 0 Å². The Bertz CT molecular complexity index is 1060. The first-order valence-electron chi connectivity index (χ1n) is 8.15. The molecule has 3 rings (SSSR count). The molecule has 0 saturated carbocycles. The quantitative estimate of drug-likeness (QED) is 0.774. The van der Waals surface area contributed by atoms with Crippen LogP contribution in [0.25, 0.3) is 11.9 Å². The molecule has 2 radical (unpaired) electrons. The molecule has 1 aromatic heterocycles. The average molecular weight is 375 g/mol. The smallest absolute Gasteiger partial charge is 0.270 e. The van der Waals surface area contributed by atoms with Crippen LogP contribution in [0.1, 0.15) is 15.5 Å². The molecule has 2 heterocycles. The van der Waals surface area contributed by atoms with Crippen molar-refractivity contribution < 1.29 is 16.4 Å². The molecule has 0 aromatic carbocycles. The van der Waals surface area contributed by atoms with Crippen LogP contribution in [-0.2, 0) is 11.2 Å². The largest absolute Gasteiger partial charge is 0.348 e. The summed E-state index contributed by atoms with van der Waals surface area (Å²) in [7, 11) is 0. The van der Waals surface area contributed by atoms with Gasteiger partial charge in [0.2, 0.25) is 5.91 Å². The van der Waals surface area contributed by atoms with Crippen LogP contribution in [0.15, 0.2) is 21.9 Å². The van der Waals surface area contributed by atoms with Gasteiger partial charge in [-0.05, 0) is 13.0 Å². The van der Waals surface area contributed by atoms with Gasteiger partial charge in [-0.1, -0.05) is 12.2 Å². The Hall–Kier alpha value is -3.15. The monoisotopic (exact) mass is 375 g/mol. The van der Waals surface area contributed by atoms with E-state index in [1.165, 1.54) is 12.6 Å². The number of aliphatic imine (C=N–C) groups is 1. The molecule has 27 heavy (non-hydrogen) atoms. The summed E-state index contributed by atoms with van der Waals surface area (Å²) in [6, 6.07) is 1.56. The molecule has 2 unspecified atom stereocenters. The van der Waals surface area contributed by atoms with Gasteiger partial charge in [0.05, 0.1) is 42.1 Å². The Balaban J connectivity index is 0.00000210. The van der Waals surface area contributed by atoms with Crippen molar-refractivity contribution in [3.05, 3.63) is 51.9 Å². The van der Waals surface area contributed by atoms with Crippen LogP contribution >= 0.6 is 0 Å². The van der Waals surface area contributed by atoms with E-state index in [0.717, 1.165) is 6.42 Å². The lowest BCUT2D eigenvalue weighted by Crippen LogP contribution is -2.45. The molecule has 3 atom stereocenters. The SMILES string of the molecule is C[C@H](NC(=O)Cc1nc2c([nH]c1=O)=C[CH]C(F)C=2F)C1=N[CH]C(C#N)C=C1.[HH].[HH]. The van der Waals surface area contributed by atoms with Crippen molar-refractivity contribution in [2.45, 2.75) is 25.6 Å².